The molecule has 1 atom stereocenters. The maximum atomic E-state index is 12.7. The average molecular weight is 467 g/mol. The van der Waals surface area contributed by atoms with Gasteiger partial charge in [0, 0.05) is 19.9 Å². The van der Waals surface area contributed by atoms with Crippen LogP contribution in [0.2, 0.25) is 0 Å². The molecular formula is C25H30N4O5. The van der Waals surface area contributed by atoms with Gasteiger partial charge in [0.1, 0.15) is 11.3 Å². The second kappa shape index (κ2) is 10.1. The van der Waals surface area contributed by atoms with E-state index in [1.165, 1.54) is 28.5 Å². The average Bonchev–Trinajstić information content (AvgIpc) is 3.25. The Bertz CT molecular complexity index is 1240. The van der Waals surface area contributed by atoms with Crippen LogP contribution in [-0.4, -0.2) is 37.9 Å². The molecule has 9 heteroatoms. The van der Waals surface area contributed by atoms with Gasteiger partial charge in [0.15, 0.2) is 0 Å². The van der Waals surface area contributed by atoms with Crippen molar-refractivity contribution in [2.75, 3.05) is 6.61 Å². The number of carbonyl (C=O) groups is 1. The number of aromatic nitrogens is 2. The first-order chi connectivity index (χ1) is 16.4. The predicted octanol–water partition coefficient (Wildman–Crippen LogP) is 3.23. The van der Waals surface area contributed by atoms with Gasteiger partial charge in [-0.05, 0) is 56.7 Å². The van der Waals surface area contributed by atoms with Gasteiger partial charge in [-0.2, -0.15) is 5.10 Å². The van der Waals surface area contributed by atoms with Crippen LogP contribution in [0.5, 0.6) is 11.6 Å². The monoisotopic (exact) mass is 466 g/mol. The molecule has 180 valence electrons. The molecule has 2 N–H and O–H groups in total. The highest BCUT2D eigenvalue weighted by Crippen LogP contribution is 2.34. The van der Waals surface area contributed by atoms with E-state index in [1.54, 1.807) is 0 Å². The van der Waals surface area contributed by atoms with E-state index in [2.05, 4.69) is 16.2 Å². The summed E-state index contributed by atoms with van der Waals surface area (Å²) in [5.74, 6) is 0.0103. The molecule has 1 amide bonds. The summed E-state index contributed by atoms with van der Waals surface area (Å²) in [6, 6.07) is 6.91. The molecule has 0 bridgehead atoms. The summed E-state index contributed by atoms with van der Waals surface area (Å²) in [6.45, 7) is 4.10. The van der Waals surface area contributed by atoms with Gasteiger partial charge in [0.05, 0.1) is 18.4 Å². The number of aromatic amines is 1. The van der Waals surface area contributed by atoms with Crippen molar-refractivity contribution in [1.82, 2.24) is 14.6 Å². The van der Waals surface area contributed by atoms with Crippen LogP contribution in [0, 0.1) is 0 Å². The Labute approximate surface area is 197 Å². The zero-order valence-corrected chi connectivity index (χ0v) is 19.5. The van der Waals surface area contributed by atoms with Crippen LogP contribution in [0.25, 0.3) is 0 Å². The highest BCUT2D eigenvalue weighted by molar-refractivity contribution is 6.04. The molecule has 34 heavy (non-hydrogen) atoms. The number of hydrogen-bond acceptors (Lipinski definition) is 6. The molecule has 9 nitrogen and oxygen atoms in total. The lowest BCUT2D eigenvalue weighted by Gasteiger charge is -2.20. The van der Waals surface area contributed by atoms with Crippen LogP contribution in [0.1, 0.15) is 69.5 Å². The number of hydrazone groups is 1. The fraction of sp³-hybridized carbons (Fsp3) is 0.440. The van der Waals surface area contributed by atoms with E-state index in [0.717, 1.165) is 24.8 Å². The van der Waals surface area contributed by atoms with Crippen molar-refractivity contribution in [3.05, 3.63) is 67.9 Å². The summed E-state index contributed by atoms with van der Waals surface area (Å²) in [6.07, 6.45) is 7.33. The largest absolute Gasteiger partial charge is 0.494 e. The third-order valence-corrected chi connectivity index (χ3v) is 6.31. The van der Waals surface area contributed by atoms with Crippen LogP contribution < -0.4 is 16.0 Å². The van der Waals surface area contributed by atoms with Crippen LogP contribution in [0.15, 0.2) is 50.6 Å². The Balaban J connectivity index is 1.64. The first-order valence-corrected chi connectivity index (χ1v) is 11.7. The number of aromatic hydroxyl groups is 1. The zero-order chi connectivity index (χ0) is 24.2. The minimum Gasteiger partial charge on any atom is -0.494 e. The molecular weight excluding hydrogens is 436 g/mol. The van der Waals surface area contributed by atoms with Crippen molar-refractivity contribution in [3.8, 4) is 11.6 Å². The highest BCUT2D eigenvalue weighted by Gasteiger charge is 2.34. The third-order valence-electron chi connectivity index (χ3n) is 6.31. The zero-order valence-electron chi connectivity index (χ0n) is 19.5. The molecule has 0 saturated carbocycles. The number of rotatable bonds is 7. The molecule has 4 rings (SSSR count). The molecule has 1 aromatic carbocycles. The van der Waals surface area contributed by atoms with Gasteiger partial charge in [0.25, 0.3) is 5.56 Å². The van der Waals surface area contributed by atoms with Gasteiger partial charge in [-0.3, -0.25) is 19.1 Å². The first kappa shape index (κ1) is 23.5. The van der Waals surface area contributed by atoms with Crippen LogP contribution in [-0.2, 0) is 11.3 Å². The normalized spacial score (nSPS) is 17.9. The van der Waals surface area contributed by atoms with E-state index >= 15 is 0 Å². The van der Waals surface area contributed by atoms with Gasteiger partial charge in [-0.25, -0.2) is 9.80 Å². The van der Waals surface area contributed by atoms with Crippen molar-refractivity contribution < 1.29 is 14.6 Å². The summed E-state index contributed by atoms with van der Waals surface area (Å²) in [5.41, 5.74) is 0.890. The Morgan fingerprint density at radius 1 is 1.24 bits per heavy atom. The number of carbonyl (C=O) groups excluding carboxylic acids is 1. The number of amides is 1. The van der Waals surface area contributed by atoms with E-state index in [0.29, 0.717) is 18.8 Å². The quantitative estimate of drug-likeness (QED) is 0.608. The molecule has 1 aliphatic heterocycles. The standard InChI is InChI=1S/C25H30N4O5/c1-3-34-19-11-9-18(10-12-19)21-15-20(27-29(21)16(2)30)22-23(31)26-25(33)28(24(22)32)14-13-17-7-5-4-6-8-17/h7,9-12,21,32H,3-6,8,13-15H2,1-2H3,(H,26,31,33). The smallest absolute Gasteiger partial charge is 0.331 e. The van der Waals surface area contributed by atoms with Crippen LogP contribution >= 0.6 is 0 Å². The van der Waals surface area contributed by atoms with Gasteiger partial charge in [-0.15, -0.1) is 0 Å². The molecule has 0 spiro atoms. The van der Waals surface area contributed by atoms with E-state index in [1.807, 2.05) is 31.2 Å². The van der Waals surface area contributed by atoms with Crippen LogP contribution in [0.4, 0.5) is 0 Å². The molecule has 2 heterocycles. The van der Waals surface area contributed by atoms with Gasteiger partial charge >= 0.3 is 5.69 Å². The van der Waals surface area contributed by atoms with E-state index < -0.39 is 23.2 Å². The summed E-state index contributed by atoms with van der Waals surface area (Å²) in [7, 11) is 0. The van der Waals surface area contributed by atoms with Crippen molar-refractivity contribution in [1.29, 1.82) is 0 Å². The van der Waals surface area contributed by atoms with Crippen LogP contribution in [0.3, 0.4) is 0 Å². The van der Waals surface area contributed by atoms with E-state index in [9.17, 15) is 19.5 Å². The molecule has 2 aliphatic rings. The number of hydrogen-bond donors (Lipinski definition) is 2. The van der Waals surface area contributed by atoms with Crippen molar-refractivity contribution in [2.24, 2.45) is 5.10 Å². The van der Waals surface area contributed by atoms with E-state index in [4.69, 9.17) is 4.74 Å². The first-order valence-electron chi connectivity index (χ1n) is 11.7. The fourth-order valence-electron chi connectivity index (χ4n) is 4.58. The minimum atomic E-state index is -0.717. The Morgan fingerprint density at radius 3 is 2.65 bits per heavy atom. The van der Waals surface area contributed by atoms with E-state index in [-0.39, 0.29) is 30.1 Å². The maximum absolute atomic E-state index is 12.7. The number of allylic oxidation sites excluding steroid dienone is 2. The fourth-order valence-corrected chi connectivity index (χ4v) is 4.58. The van der Waals surface area contributed by atoms with Gasteiger partial charge in [0.2, 0.25) is 11.8 Å². The van der Waals surface area contributed by atoms with Crippen molar-refractivity contribution in [2.45, 2.75) is 65.0 Å². The molecule has 0 radical (unpaired) electrons. The number of nitrogens with one attached hydrogen (secondary N) is 1. The molecule has 1 aliphatic carbocycles. The van der Waals surface area contributed by atoms with Crippen molar-refractivity contribution >= 4 is 11.6 Å². The molecule has 1 aromatic heterocycles. The Morgan fingerprint density at radius 2 is 2.00 bits per heavy atom. The third kappa shape index (κ3) is 4.83. The highest BCUT2D eigenvalue weighted by atomic mass is 16.5. The lowest BCUT2D eigenvalue weighted by molar-refractivity contribution is -0.130. The lowest BCUT2D eigenvalue weighted by atomic mass is 9.97. The summed E-state index contributed by atoms with van der Waals surface area (Å²) >= 11 is 0. The van der Waals surface area contributed by atoms with Gasteiger partial charge in [-0.1, -0.05) is 23.8 Å². The Hall–Kier alpha value is -3.62. The molecule has 0 fully saturated rings. The predicted molar refractivity (Wildman–Crippen MR) is 128 cm³/mol. The second-order valence-corrected chi connectivity index (χ2v) is 8.60. The topological polar surface area (TPSA) is 117 Å². The number of nitrogens with zero attached hydrogens (tertiary/aromatic N) is 3. The maximum Gasteiger partial charge on any atom is 0.331 e. The molecule has 1 unspecified atom stereocenters. The van der Waals surface area contributed by atoms with Gasteiger partial charge < -0.3 is 9.84 Å². The summed E-state index contributed by atoms with van der Waals surface area (Å²) < 4.78 is 6.66. The Kier molecular flexibility index (Phi) is 7.00. The SMILES string of the molecule is CCOc1ccc(C2CC(c3c(O)n(CCC4=CCCCC4)c(=O)[nH]c3=O)=NN2C(C)=O)cc1. The second-order valence-electron chi connectivity index (χ2n) is 8.60. The molecule has 0 saturated heterocycles. The van der Waals surface area contributed by atoms with Crippen molar-refractivity contribution in [3.63, 3.8) is 0 Å². The molecule has 2 aromatic rings. The summed E-state index contributed by atoms with van der Waals surface area (Å²) in [4.78, 5) is 39.8. The lowest BCUT2D eigenvalue weighted by Crippen LogP contribution is -2.34. The number of ether oxygens (including phenoxy) is 1. The summed E-state index contributed by atoms with van der Waals surface area (Å²) in [5, 5.41) is 16.6. The number of H-pyrrole nitrogens is 1. The minimum absolute atomic E-state index is 0.0723. The number of benzene rings is 1.